The van der Waals surface area contributed by atoms with Gasteiger partial charge in [-0.05, 0) is 42.4 Å². The van der Waals surface area contributed by atoms with Gasteiger partial charge in [0.2, 0.25) is 0 Å². The van der Waals surface area contributed by atoms with Gasteiger partial charge in [-0.1, -0.05) is 47.5 Å². The zero-order chi connectivity index (χ0) is 14.4. The highest BCUT2D eigenvalue weighted by Crippen LogP contribution is 2.21. The van der Waals surface area contributed by atoms with Crippen LogP contribution in [0.1, 0.15) is 17.2 Å². The topological polar surface area (TPSA) is 21.3 Å². The molecule has 2 aromatic carbocycles. The molecule has 0 radical (unpaired) electrons. The molecule has 0 aliphatic carbocycles. The van der Waals surface area contributed by atoms with Crippen molar-refractivity contribution in [2.75, 3.05) is 13.6 Å². The van der Waals surface area contributed by atoms with Gasteiger partial charge in [-0.2, -0.15) is 0 Å². The van der Waals surface area contributed by atoms with Gasteiger partial charge in [0.15, 0.2) is 0 Å². The summed E-state index contributed by atoms with van der Waals surface area (Å²) in [5.74, 6) is 0. The molecular formula is C16H17Cl2NO. The monoisotopic (exact) mass is 309 g/mol. The molecule has 1 unspecified atom stereocenters. The van der Waals surface area contributed by atoms with Crippen molar-refractivity contribution in [3.05, 3.63) is 69.7 Å². The van der Waals surface area contributed by atoms with Crippen LogP contribution in [0.5, 0.6) is 0 Å². The number of hydrogen-bond donors (Lipinski definition) is 1. The summed E-state index contributed by atoms with van der Waals surface area (Å²) in [5, 5.41) is 4.60. The van der Waals surface area contributed by atoms with Crippen molar-refractivity contribution in [1.29, 1.82) is 0 Å². The lowest BCUT2D eigenvalue weighted by molar-refractivity contribution is 0.0411. The minimum atomic E-state index is -0.0174. The third-order valence-corrected chi connectivity index (χ3v) is 3.46. The van der Waals surface area contributed by atoms with Crippen LogP contribution >= 0.6 is 23.2 Å². The molecule has 106 valence electrons. The normalized spacial score (nSPS) is 12.3. The summed E-state index contributed by atoms with van der Waals surface area (Å²) in [5.41, 5.74) is 2.17. The van der Waals surface area contributed by atoms with E-state index in [2.05, 4.69) is 5.32 Å². The van der Waals surface area contributed by atoms with Gasteiger partial charge >= 0.3 is 0 Å². The largest absolute Gasteiger partial charge is 0.368 e. The second-order valence-electron chi connectivity index (χ2n) is 4.54. The Hall–Kier alpha value is -1.06. The van der Waals surface area contributed by atoms with Crippen LogP contribution in [0.25, 0.3) is 0 Å². The molecule has 4 heteroatoms. The maximum Gasteiger partial charge on any atom is 0.0953 e. The number of ether oxygens (including phenoxy) is 1. The SMILES string of the molecule is CNCC(OCc1cccc(Cl)c1)c1ccc(Cl)cc1. The Morgan fingerprint density at radius 3 is 2.45 bits per heavy atom. The summed E-state index contributed by atoms with van der Waals surface area (Å²) in [6.07, 6.45) is -0.0174. The highest BCUT2D eigenvalue weighted by Gasteiger charge is 2.11. The lowest BCUT2D eigenvalue weighted by atomic mass is 10.1. The van der Waals surface area contributed by atoms with Gasteiger partial charge in [-0.25, -0.2) is 0 Å². The summed E-state index contributed by atoms with van der Waals surface area (Å²) >= 11 is 11.9. The summed E-state index contributed by atoms with van der Waals surface area (Å²) in [4.78, 5) is 0. The van der Waals surface area contributed by atoms with Gasteiger partial charge in [-0.3, -0.25) is 0 Å². The Balaban J connectivity index is 2.04. The molecule has 0 aliphatic rings. The minimum absolute atomic E-state index is 0.0174. The molecule has 20 heavy (non-hydrogen) atoms. The van der Waals surface area contributed by atoms with Gasteiger partial charge in [-0.15, -0.1) is 0 Å². The molecule has 1 N–H and O–H groups in total. The number of rotatable bonds is 6. The number of hydrogen-bond acceptors (Lipinski definition) is 2. The lowest BCUT2D eigenvalue weighted by Gasteiger charge is -2.18. The summed E-state index contributed by atoms with van der Waals surface area (Å²) in [7, 11) is 1.91. The Bertz CT molecular complexity index is 542. The van der Waals surface area contributed by atoms with E-state index in [9.17, 15) is 0 Å². The third-order valence-electron chi connectivity index (χ3n) is 2.97. The number of likely N-dealkylation sites (N-methyl/N-ethyl adjacent to an activating group) is 1. The van der Waals surface area contributed by atoms with Crippen molar-refractivity contribution in [3.63, 3.8) is 0 Å². The number of halogens is 2. The van der Waals surface area contributed by atoms with E-state index in [1.165, 1.54) is 0 Å². The van der Waals surface area contributed by atoms with E-state index in [0.29, 0.717) is 6.61 Å². The van der Waals surface area contributed by atoms with Gasteiger partial charge in [0, 0.05) is 16.6 Å². The van der Waals surface area contributed by atoms with E-state index in [1.807, 2.05) is 55.6 Å². The molecule has 0 spiro atoms. The predicted octanol–water partition coefficient (Wildman–Crippen LogP) is 4.47. The van der Waals surface area contributed by atoms with Crippen LogP contribution in [0.2, 0.25) is 10.0 Å². The molecule has 1 atom stereocenters. The summed E-state index contributed by atoms with van der Waals surface area (Å²) in [6.45, 7) is 1.26. The minimum Gasteiger partial charge on any atom is -0.368 e. The summed E-state index contributed by atoms with van der Waals surface area (Å²) < 4.78 is 5.99. The quantitative estimate of drug-likeness (QED) is 0.850. The molecule has 0 saturated carbocycles. The molecule has 0 fully saturated rings. The zero-order valence-electron chi connectivity index (χ0n) is 11.3. The zero-order valence-corrected chi connectivity index (χ0v) is 12.8. The average Bonchev–Trinajstić information content (AvgIpc) is 2.44. The van der Waals surface area contributed by atoms with Crippen molar-refractivity contribution in [2.45, 2.75) is 12.7 Å². The van der Waals surface area contributed by atoms with E-state index in [1.54, 1.807) is 0 Å². The van der Waals surface area contributed by atoms with Crippen molar-refractivity contribution in [1.82, 2.24) is 5.32 Å². The third kappa shape index (κ3) is 4.50. The first-order valence-corrected chi connectivity index (χ1v) is 7.21. The Kier molecular flexibility index (Phi) is 5.86. The molecular weight excluding hydrogens is 293 g/mol. The molecule has 0 bridgehead atoms. The maximum absolute atomic E-state index is 5.99. The second kappa shape index (κ2) is 7.65. The Morgan fingerprint density at radius 1 is 1.05 bits per heavy atom. The van der Waals surface area contributed by atoms with Crippen molar-refractivity contribution < 1.29 is 4.74 Å². The predicted molar refractivity (Wildman–Crippen MR) is 84.4 cm³/mol. The smallest absolute Gasteiger partial charge is 0.0953 e. The van der Waals surface area contributed by atoms with Crippen LogP contribution in [-0.4, -0.2) is 13.6 Å². The van der Waals surface area contributed by atoms with E-state index in [-0.39, 0.29) is 6.10 Å². The molecule has 0 amide bonds. The highest BCUT2D eigenvalue weighted by molar-refractivity contribution is 6.30. The van der Waals surface area contributed by atoms with Crippen LogP contribution < -0.4 is 5.32 Å². The molecule has 0 heterocycles. The first kappa shape index (κ1) is 15.3. The number of nitrogens with one attached hydrogen (secondary N) is 1. The molecule has 0 saturated heterocycles. The van der Waals surface area contributed by atoms with Gasteiger partial charge in [0.05, 0.1) is 12.7 Å². The second-order valence-corrected chi connectivity index (χ2v) is 5.41. The molecule has 0 aromatic heterocycles. The maximum atomic E-state index is 5.99. The fourth-order valence-electron chi connectivity index (χ4n) is 1.96. The van der Waals surface area contributed by atoms with Gasteiger partial charge < -0.3 is 10.1 Å². The summed E-state index contributed by atoms with van der Waals surface area (Å²) in [6, 6.07) is 15.4. The van der Waals surface area contributed by atoms with Crippen LogP contribution in [0.4, 0.5) is 0 Å². The van der Waals surface area contributed by atoms with E-state index in [0.717, 1.165) is 27.7 Å². The van der Waals surface area contributed by atoms with Crippen molar-refractivity contribution in [3.8, 4) is 0 Å². The van der Waals surface area contributed by atoms with Gasteiger partial charge in [0.1, 0.15) is 0 Å². The van der Waals surface area contributed by atoms with E-state index in [4.69, 9.17) is 27.9 Å². The van der Waals surface area contributed by atoms with E-state index >= 15 is 0 Å². The van der Waals surface area contributed by atoms with Crippen LogP contribution in [0.3, 0.4) is 0 Å². The Morgan fingerprint density at radius 2 is 1.80 bits per heavy atom. The lowest BCUT2D eigenvalue weighted by Crippen LogP contribution is -2.19. The van der Waals surface area contributed by atoms with Crippen molar-refractivity contribution in [2.24, 2.45) is 0 Å². The van der Waals surface area contributed by atoms with E-state index < -0.39 is 0 Å². The van der Waals surface area contributed by atoms with Crippen LogP contribution in [-0.2, 0) is 11.3 Å². The number of benzene rings is 2. The average molecular weight is 310 g/mol. The fraction of sp³-hybridized carbons (Fsp3) is 0.250. The Labute approximate surface area is 129 Å². The first-order valence-electron chi connectivity index (χ1n) is 6.45. The standard InChI is InChI=1S/C16H17Cl2NO/c1-19-10-16(13-5-7-14(17)8-6-13)20-11-12-3-2-4-15(18)9-12/h2-9,16,19H,10-11H2,1H3. The van der Waals surface area contributed by atoms with Gasteiger partial charge in [0.25, 0.3) is 0 Å². The first-order chi connectivity index (χ1) is 9.69. The molecule has 0 aliphatic heterocycles. The van der Waals surface area contributed by atoms with Crippen molar-refractivity contribution >= 4 is 23.2 Å². The molecule has 2 nitrogen and oxygen atoms in total. The van der Waals surface area contributed by atoms with Crippen LogP contribution in [0.15, 0.2) is 48.5 Å². The fourth-order valence-corrected chi connectivity index (χ4v) is 2.30. The molecule has 2 rings (SSSR count). The highest BCUT2D eigenvalue weighted by atomic mass is 35.5. The molecule has 2 aromatic rings. The van der Waals surface area contributed by atoms with Crippen LogP contribution in [0, 0.1) is 0 Å².